The van der Waals surface area contributed by atoms with Crippen molar-refractivity contribution >= 4 is 116 Å². The zero-order chi connectivity index (χ0) is 37.4. The molecule has 4 heterocycles. The molecule has 0 saturated heterocycles. The summed E-state index contributed by atoms with van der Waals surface area (Å²) >= 11 is 4.51. The van der Waals surface area contributed by atoms with Crippen LogP contribution in [0.1, 0.15) is 192 Å². The number of aryl methyl sites for hydroxylation is 2. The average Bonchev–Trinajstić information content (AvgIpc) is 3.83. The Balaban J connectivity index is 1.32. The van der Waals surface area contributed by atoms with Crippen LogP contribution in [0.3, 0.4) is 0 Å². The van der Waals surface area contributed by atoms with Gasteiger partial charge in [0, 0.05) is 0 Å². The molecule has 296 valence electrons. The molecular formula is C46H80S4Sn2. The summed E-state index contributed by atoms with van der Waals surface area (Å²) in [6.45, 7) is 4.64. The summed E-state index contributed by atoms with van der Waals surface area (Å²) in [5, 5.41) is 0. The van der Waals surface area contributed by atoms with E-state index in [1.165, 1.54) is 180 Å². The van der Waals surface area contributed by atoms with Gasteiger partial charge in [-0.15, -0.1) is 0 Å². The van der Waals surface area contributed by atoms with E-state index in [0.717, 1.165) is 0 Å². The van der Waals surface area contributed by atoms with E-state index in [-0.39, 0.29) is 0 Å². The third-order valence-corrected chi connectivity index (χ3v) is 36.1. The van der Waals surface area contributed by atoms with Crippen molar-refractivity contribution in [2.24, 2.45) is 0 Å². The fraction of sp³-hybridized carbons (Fsp3) is 0.783. The van der Waals surface area contributed by atoms with Gasteiger partial charge in [0.15, 0.2) is 0 Å². The maximum absolute atomic E-state index is 2.66. The van der Waals surface area contributed by atoms with Gasteiger partial charge in [0.2, 0.25) is 0 Å². The average molecular weight is 999 g/mol. The number of unbranched alkanes of at least 4 members (excludes halogenated alkanes) is 24. The fourth-order valence-corrected chi connectivity index (χ4v) is 28.8. The minimum atomic E-state index is -2.22. The SMILES string of the molecule is CCCCCCCCCCCCCCCc1[c]([Sn]([CH3])([CH3])[CH3])sc2c1sc1c3s[c]([Sn]([CH3])([CH3])[CH3])c(CCCCCCCCCCCCCCC)c3sc21. The summed E-state index contributed by atoms with van der Waals surface area (Å²) in [6.07, 6.45) is 40.2. The van der Waals surface area contributed by atoms with Crippen molar-refractivity contribution < 1.29 is 0 Å². The molecule has 4 aromatic rings. The van der Waals surface area contributed by atoms with Crippen LogP contribution in [-0.4, -0.2) is 36.8 Å². The third kappa shape index (κ3) is 14.2. The van der Waals surface area contributed by atoms with Crippen molar-refractivity contribution in [2.75, 3.05) is 0 Å². The molecule has 4 rings (SSSR count). The molecule has 0 fully saturated rings. The molecule has 0 unspecified atom stereocenters. The van der Waals surface area contributed by atoms with E-state index >= 15 is 0 Å². The Bertz CT molecular complexity index is 1440. The van der Waals surface area contributed by atoms with Crippen LogP contribution in [0.15, 0.2) is 0 Å². The quantitative estimate of drug-likeness (QED) is 0.0361. The summed E-state index contributed by atoms with van der Waals surface area (Å²) < 4.78 is 13.9. The van der Waals surface area contributed by atoms with Gasteiger partial charge in [0.25, 0.3) is 0 Å². The number of hydrogen-bond donors (Lipinski definition) is 0. The van der Waals surface area contributed by atoms with Crippen LogP contribution >= 0.6 is 45.3 Å². The molecule has 0 aliphatic rings. The van der Waals surface area contributed by atoms with Gasteiger partial charge in [0.1, 0.15) is 0 Å². The molecule has 52 heavy (non-hydrogen) atoms. The molecule has 0 amide bonds. The second kappa shape index (κ2) is 24.2. The van der Waals surface area contributed by atoms with Crippen LogP contribution in [-0.2, 0) is 12.8 Å². The van der Waals surface area contributed by atoms with Crippen LogP contribution in [0.2, 0.25) is 29.6 Å². The first-order valence-electron chi connectivity index (χ1n) is 22.5. The fourth-order valence-electron chi connectivity index (χ4n) is 8.32. The van der Waals surface area contributed by atoms with Gasteiger partial charge in [-0.1, -0.05) is 65.2 Å². The van der Waals surface area contributed by atoms with E-state index in [9.17, 15) is 0 Å². The summed E-state index contributed by atoms with van der Waals surface area (Å²) in [7, 11) is 0. The summed E-state index contributed by atoms with van der Waals surface area (Å²) in [4.78, 5) is 16.0. The van der Waals surface area contributed by atoms with Crippen molar-refractivity contribution in [1.82, 2.24) is 0 Å². The standard InChI is InChI=1S/C40H62S4.6CH3.2Sn/c1-3-5-7-9-11-13-15-17-19-21-23-25-27-29-33-31-41-37-35(33)43-40-38-36(44-39(37)40)34(32-42-38)30-28-26-24-22-20-18-16-14-12-10-8-6-4-2;;;;;;;;/h3-30H2,1-2H3;6*1H3;;. The molecule has 0 radical (unpaired) electrons. The van der Waals surface area contributed by atoms with Gasteiger partial charge in [0.05, 0.1) is 0 Å². The van der Waals surface area contributed by atoms with Gasteiger partial charge in [-0.2, -0.15) is 0 Å². The van der Waals surface area contributed by atoms with Gasteiger partial charge in [-0.3, -0.25) is 0 Å². The van der Waals surface area contributed by atoms with E-state index < -0.39 is 36.8 Å². The zero-order valence-electron chi connectivity index (χ0n) is 35.4. The minimum absolute atomic E-state index is 1.33. The molecule has 4 aromatic heterocycles. The maximum atomic E-state index is 2.66. The number of thiophene rings is 4. The van der Waals surface area contributed by atoms with Crippen molar-refractivity contribution in [2.45, 2.75) is 223 Å². The Morgan fingerprint density at radius 3 is 0.769 bits per heavy atom. The van der Waals surface area contributed by atoms with Crippen LogP contribution in [0.5, 0.6) is 0 Å². The molecule has 0 saturated carbocycles. The Morgan fingerprint density at radius 2 is 0.519 bits per heavy atom. The molecule has 0 atom stereocenters. The second-order valence-electron chi connectivity index (χ2n) is 18.5. The summed E-state index contributed by atoms with van der Waals surface area (Å²) in [6, 6.07) is 0. The van der Waals surface area contributed by atoms with E-state index in [4.69, 9.17) is 0 Å². The number of fused-ring (bicyclic) bond motifs is 5. The molecule has 0 nitrogen and oxygen atoms in total. The number of rotatable bonds is 30. The molecule has 0 bridgehead atoms. The molecular weight excluding hydrogens is 918 g/mol. The van der Waals surface area contributed by atoms with E-state index in [1.54, 1.807) is 28.2 Å². The summed E-state index contributed by atoms with van der Waals surface area (Å²) in [5.74, 6) is 0. The van der Waals surface area contributed by atoms with E-state index in [0.29, 0.717) is 0 Å². The van der Waals surface area contributed by atoms with E-state index in [1.807, 2.05) is 16.9 Å². The molecule has 0 N–H and O–H groups in total. The topological polar surface area (TPSA) is 0 Å². The van der Waals surface area contributed by atoms with Crippen LogP contribution in [0.25, 0.3) is 28.2 Å². The van der Waals surface area contributed by atoms with Gasteiger partial charge in [-0.05, 0) is 0 Å². The van der Waals surface area contributed by atoms with Crippen molar-refractivity contribution in [3.05, 3.63) is 11.1 Å². The second-order valence-corrected chi connectivity index (χ2v) is 53.2. The Hall–Kier alpha value is 1.18. The molecule has 0 aromatic carbocycles. The predicted molar refractivity (Wildman–Crippen MR) is 255 cm³/mol. The van der Waals surface area contributed by atoms with Gasteiger partial charge >= 0.3 is 285 Å². The zero-order valence-corrected chi connectivity index (χ0v) is 44.4. The molecule has 0 spiro atoms. The normalized spacial score (nSPS) is 12.8. The van der Waals surface area contributed by atoms with Crippen LogP contribution < -0.4 is 5.79 Å². The van der Waals surface area contributed by atoms with Crippen LogP contribution in [0.4, 0.5) is 0 Å². The van der Waals surface area contributed by atoms with Crippen molar-refractivity contribution in [3.63, 3.8) is 0 Å². The first kappa shape index (κ1) is 45.9. The Kier molecular flexibility index (Phi) is 21.3. The van der Waals surface area contributed by atoms with Gasteiger partial charge < -0.3 is 0 Å². The van der Waals surface area contributed by atoms with Crippen molar-refractivity contribution in [1.29, 1.82) is 0 Å². The Labute approximate surface area is 346 Å². The van der Waals surface area contributed by atoms with Crippen LogP contribution in [0, 0.1) is 0 Å². The Morgan fingerprint density at radius 1 is 0.288 bits per heavy atom. The first-order valence-corrected chi connectivity index (χ1v) is 45.7. The third-order valence-electron chi connectivity index (χ3n) is 11.4. The molecule has 6 heteroatoms. The number of hydrogen-bond acceptors (Lipinski definition) is 4. The van der Waals surface area contributed by atoms with Crippen molar-refractivity contribution in [3.8, 4) is 0 Å². The molecule has 0 aliphatic carbocycles. The van der Waals surface area contributed by atoms with Gasteiger partial charge in [-0.25, -0.2) is 0 Å². The predicted octanol–water partition coefficient (Wildman–Crippen LogP) is 17.7. The summed E-state index contributed by atoms with van der Waals surface area (Å²) in [5.41, 5.74) is 3.62. The van der Waals surface area contributed by atoms with E-state index in [2.05, 4.69) is 88.8 Å². The first-order chi connectivity index (χ1) is 25.1. The monoisotopic (exact) mass is 1000 g/mol. The molecule has 0 aliphatic heterocycles.